The SMILES string of the molecule is C=CCCCC[CH]C#N. The molecule has 0 saturated heterocycles. The quantitative estimate of drug-likeness (QED) is 0.406. The van der Waals surface area contributed by atoms with E-state index in [1.807, 2.05) is 12.1 Å². The van der Waals surface area contributed by atoms with E-state index in [4.69, 9.17) is 5.26 Å². The lowest BCUT2D eigenvalue weighted by Crippen LogP contribution is -1.74. The van der Waals surface area contributed by atoms with Gasteiger partial charge in [-0.25, -0.2) is 0 Å². The molecule has 0 saturated carbocycles. The van der Waals surface area contributed by atoms with Gasteiger partial charge in [-0.3, -0.25) is 0 Å². The lowest BCUT2D eigenvalue weighted by Gasteiger charge is -1.90. The molecular weight excluding hydrogens is 110 g/mol. The summed E-state index contributed by atoms with van der Waals surface area (Å²) in [5.74, 6) is 0. The predicted octanol–water partition coefficient (Wildman–Crippen LogP) is 2.46. The maximum Gasteiger partial charge on any atom is 0.0669 e. The van der Waals surface area contributed by atoms with Crippen molar-refractivity contribution in [1.29, 1.82) is 5.26 Å². The van der Waals surface area contributed by atoms with Crippen molar-refractivity contribution < 1.29 is 0 Å². The summed E-state index contributed by atoms with van der Waals surface area (Å²) in [6.07, 6.45) is 7.81. The fourth-order valence-electron chi connectivity index (χ4n) is 0.600. The monoisotopic (exact) mass is 122 g/mol. The molecule has 0 atom stereocenters. The highest BCUT2D eigenvalue weighted by Crippen LogP contribution is 2.00. The molecule has 0 rings (SSSR count). The van der Waals surface area contributed by atoms with E-state index in [0.717, 1.165) is 25.7 Å². The van der Waals surface area contributed by atoms with Crippen molar-refractivity contribution in [3.05, 3.63) is 19.1 Å². The predicted molar refractivity (Wildman–Crippen MR) is 38.6 cm³/mol. The third-order valence-electron chi connectivity index (χ3n) is 1.10. The lowest BCUT2D eigenvalue weighted by molar-refractivity contribution is 0.749. The second kappa shape index (κ2) is 7.23. The van der Waals surface area contributed by atoms with Crippen molar-refractivity contribution in [1.82, 2.24) is 0 Å². The van der Waals surface area contributed by atoms with Gasteiger partial charge in [0.15, 0.2) is 0 Å². The zero-order chi connectivity index (χ0) is 6.95. The Bertz CT molecular complexity index is 99.6. The summed E-state index contributed by atoms with van der Waals surface area (Å²) in [6, 6.07) is 1.99. The van der Waals surface area contributed by atoms with Crippen LogP contribution in [0.5, 0.6) is 0 Å². The molecule has 0 heterocycles. The van der Waals surface area contributed by atoms with Crippen molar-refractivity contribution in [2.75, 3.05) is 0 Å². The zero-order valence-electron chi connectivity index (χ0n) is 5.64. The van der Waals surface area contributed by atoms with E-state index < -0.39 is 0 Å². The molecule has 0 aliphatic rings. The Hall–Kier alpha value is -0.770. The number of nitriles is 1. The first-order chi connectivity index (χ1) is 4.41. The van der Waals surface area contributed by atoms with Gasteiger partial charge in [0.1, 0.15) is 0 Å². The lowest BCUT2D eigenvalue weighted by atomic mass is 10.1. The van der Waals surface area contributed by atoms with Crippen LogP contribution in [-0.2, 0) is 0 Å². The van der Waals surface area contributed by atoms with Crippen molar-refractivity contribution in [3.8, 4) is 6.07 Å². The average Bonchev–Trinajstić information content (AvgIpc) is 1.89. The van der Waals surface area contributed by atoms with Gasteiger partial charge in [0, 0.05) is 0 Å². The van der Waals surface area contributed by atoms with Crippen LogP contribution < -0.4 is 0 Å². The summed E-state index contributed by atoms with van der Waals surface area (Å²) < 4.78 is 0. The molecule has 0 aromatic carbocycles. The normalized spacial score (nSPS) is 8.33. The van der Waals surface area contributed by atoms with E-state index in [1.54, 1.807) is 6.42 Å². The summed E-state index contributed by atoms with van der Waals surface area (Å²) in [4.78, 5) is 0. The minimum absolute atomic E-state index is 0.921. The van der Waals surface area contributed by atoms with Crippen molar-refractivity contribution in [2.24, 2.45) is 0 Å². The van der Waals surface area contributed by atoms with Crippen LogP contribution in [0.4, 0.5) is 0 Å². The standard InChI is InChI=1S/C8H12N/c1-2-3-4-5-6-7-8-9/h2,7H,1,3-6H2. The molecule has 49 valence electrons. The molecule has 1 nitrogen and oxygen atoms in total. The molecule has 0 unspecified atom stereocenters. The fraction of sp³-hybridized carbons (Fsp3) is 0.500. The summed E-state index contributed by atoms with van der Waals surface area (Å²) in [6.45, 7) is 3.60. The summed E-state index contributed by atoms with van der Waals surface area (Å²) in [5, 5.41) is 8.10. The smallest absolute Gasteiger partial charge is 0.0669 e. The first kappa shape index (κ1) is 8.23. The molecule has 0 N–H and O–H groups in total. The second-order valence-electron chi connectivity index (χ2n) is 1.91. The Labute approximate surface area is 57.0 Å². The average molecular weight is 122 g/mol. The van der Waals surface area contributed by atoms with Crippen LogP contribution in [-0.4, -0.2) is 0 Å². The Morgan fingerprint density at radius 3 is 2.56 bits per heavy atom. The number of rotatable bonds is 5. The summed E-state index contributed by atoms with van der Waals surface area (Å²) in [7, 11) is 0. The third kappa shape index (κ3) is 7.23. The number of hydrogen-bond donors (Lipinski definition) is 0. The largest absolute Gasteiger partial charge is 0.198 e. The zero-order valence-corrected chi connectivity index (χ0v) is 5.64. The maximum atomic E-state index is 8.10. The van der Waals surface area contributed by atoms with Gasteiger partial charge >= 0.3 is 0 Å². The van der Waals surface area contributed by atoms with Gasteiger partial charge < -0.3 is 0 Å². The van der Waals surface area contributed by atoms with Crippen LogP contribution in [0, 0.1) is 17.8 Å². The van der Waals surface area contributed by atoms with Crippen molar-refractivity contribution in [2.45, 2.75) is 25.7 Å². The molecular formula is C8H12N. The van der Waals surface area contributed by atoms with Gasteiger partial charge in [-0.1, -0.05) is 12.5 Å². The summed E-state index contributed by atoms with van der Waals surface area (Å²) >= 11 is 0. The molecule has 0 amide bonds. The number of allylic oxidation sites excluding steroid dienone is 1. The van der Waals surface area contributed by atoms with Crippen LogP contribution in [0.2, 0.25) is 0 Å². The molecule has 9 heavy (non-hydrogen) atoms. The Kier molecular flexibility index (Phi) is 6.61. The van der Waals surface area contributed by atoms with Crippen molar-refractivity contribution in [3.63, 3.8) is 0 Å². The Balaban J connectivity index is 2.76. The molecule has 0 fully saturated rings. The minimum Gasteiger partial charge on any atom is -0.198 e. The third-order valence-corrected chi connectivity index (χ3v) is 1.10. The highest BCUT2D eigenvalue weighted by molar-refractivity contribution is 4.90. The van der Waals surface area contributed by atoms with Gasteiger partial charge in [0.05, 0.1) is 12.5 Å². The number of hydrogen-bond acceptors (Lipinski definition) is 1. The fourth-order valence-corrected chi connectivity index (χ4v) is 0.600. The maximum absolute atomic E-state index is 8.10. The highest BCUT2D eigenvalue weighted by Gasteiger charge is 1.84. The van der Waals surface area contributed by atoms with Gasteiger partial charge in [-0.2, -0.15) is 5.26 Å². The van der Waals surface area contributed by atoms with Gasteiger partial charge in [0.2, 0.25) is 0 Å². The topological polar surface area (TPSA) is 23.8 Å². The van der Waals surface area contributed by atoms with E-state index in [1.165, 1.54) is 0 Å². The van der Waals surface area contributed by atoms with E-state index in [9.17, 15) is 0 Å². The van der Waals surface area contributed by atoms with Crippen LogP contribution in [0.3, 0.4) is 0 Å². The molecule has 0 bridgehead atoms. The van der Waals surface area contributed by atoms with E-state index in [2.05, 4.69) is 6.58 Å². The van der Waals surface area contributed by atoms with Gasteiger partial charge in [-0.05, 0) is 19.3 Å². The molecule has 0 aromatic rings. The van der Waals surface area contributed by atoms with Crippen LogP contribution >= 0.6 is 0 Å². The molecule has 0 aromatic heterocycles. The first-order valence-corrected chi connectivity index (χ1v) is 3.24. The molecule has 0 spiro atoms. The van der Waals surface area contributed by atoms with E-state index in [0.29, 0.717) is 0 Å². The Morgan fingerprint density at radius 1 is 1.33 bits per heavy atom. The molecule has 0 aliphatic carbocycles. The first-order valence-electron chi connectivity index (χ1n) is 3.24. The van der Waals surface area contributed by atoms with Crippen LogP contribution in [0.25, 0.3) is 0 Å². The minimum atomic E-state index is 0.921. The van der Waals surface area contributed by atoms with Crippen molar-refractivity contribution >= 4 is 0 Å². The van der Waals surface area contributed by atoms with Crippen LogP contribution in [0.1, 0.15) is 25.7 Å². The molecule has 1 heteroatoms. The second-order valence-corrected chi connectivity index (χ2v) is 1.91. The molecule has 0 aliphatic heterocycles. The number of nitrogens with zero attached hydrogens (tertiary/aromatic N) is 1. The molecule has 1 radical (unpaired) electrons. The van der Waals surface area contributed by atoms with Gasteiger partial charge in [-0.15, -0.1) is 6.58 Å². The van der Waals surface area contributed by atoms with E-state index >= 15 is 0 Å². The van der Waals surface area contributed by atoms with E-state index in [-0.39, 0.29) is 0 Å². The number of unbranched alkanes of at least 4 members (excludes halogenated alkanes) is 4. The van der Waals surface area contributed by atoms with Crippen LogP contribution in [0.15, 0.2) is 12.7 Å². The summed E-state index contributed by atoms with van der Waals surface area (Å²) in [5.41, 5.74) is 0. The van der Waals surface area contributed by atoms with Gasteiger partial charge in [0.25, 0.3) is 0 Å². The Morgan fingerprint density at radius 2 is 2.00 bits per heavy atom. The highest BCUT2D eigenvalue weighted by atomic mass is 14.2.